The van der Waals surface area contributed by atoms with Crippen molar-refractivity contribution in [2.45, 2.75) is 23.2 Å². The van der Waals surface area contributed by atoms with Gasteiger partial charge in [0.05, 0.1) is 12.1 Å². The molecule has 1 aliphatic heterocycles. The molecule has 0 saturated carbocycles. The van der Waals surface area contributed by atoms with Crippen molar-refractivity contribution >= 4 is 27.5 Å². The van der Waals surface area contributed by atoms with Crippen molar-refractivity contribution in [1.82, 2.24) is 4.31 Å². The summed E-state index contributed by atoms with van der Waals surface area (Å²) >= 11 is 4.77. The summed E-state index contributed by atoms with van der Waals surface area (Å²) < 4.78 is 70.3. The Morgan fingerprint density at radius 2 is 1.81 bits per heavy atom. The Morgan fingerprint density at radius 3 is 2.42 bits per heavy atom. The van der Waals surface area contributed by atoms with Gasteiger partial charge in [-0.25, -0.2) is 17.1 Å². The number of ether oxygens (including phenoxy) is 1. The van der Waals surface area contributed by atoms with Crippen LogP contribution in [0, 0.1) is 5.41 Å². The second-order valence-electron chi connectivity index (χ2n) is 5.44. The topological polar surface area (TPSA) is 70.5 Å². The molecule has 0 aliphatic carbocycles. The summed E-state index contributed by atoms with van der Waals surface area (Å²) in [5.74, 6) is -1.18. The molecule has 3 rings (SSSR count). The van der Waals surface area contributed by atoms with E-state index in [1.54, 1.807) is 30.3 Å². The first-order valence-electron chi connectivity index (χ1n) is 7.28. The van der Waals surface area contributed by atoms with Gasteiger partial charge in [0.2, 0.25) is 0 Å². The van der Waals surface area contributed by atoms with Crippen LogP contribution >= 0.6 is 11.6 Å². The van der Waals surface area contributed by atoms with Gasteiger partial charge < -0.3 is 4.74 Å². The molecular weight excluding hydrogens is 393 g/mol. The van der Waals surface area contributed by atoms with Gasteiger partial charge in [-0.15, -0.1) is 0 Å². The van der Waals surface area contributed by atoms with Crippen LogP contribution in [0.1, 0.15) is 11.1 Å². The first kappa shape index (κ1) is 18.5. The number of amidine groups is 1. The molecule has 2 aromatic carbocycles. The molecular formula is C16H12ClF3N2O3S. The fraction of sp³-hybridized carbons (Fsp3) is 0.188. The van der Waals surface area contributed by atoms with Crippen molar-refractivity contribution in [1.29, 1.82) is 5.41 Å². The number of rotatable bonds is 5. The van der Waals surface area contributed by atoms with Crippen molar-refractivity contribution in [3.63, 3.8) is 0 Å². The zero-order valence-electron chi connectivity index (χ0n) is 13.0. The minimum atomic E-state index is -4.38. The molecule has 0 aromatic heterocycles. The monoisotopic (exact) mass is 404 g/mol. The Hall–Kier alpha value is -2.26. The van der Waals surface area contributed by atoms with Crippen LogP contribution < -0.4 is 4.74 Å². The van der Waals surface area contributed by atoms with E-state index in [-0.39, 0.29) is 17.0 Å². The Kier molecular flexibility index (Phi) is 4.61. The lowest BCUT2D eigenvalue weighted by molar-refractivity contribution is -0.199. The quantitative estimate of drug-likeness (QED) is 0.772. The zero-order valence-corrected chi connectivity index (χ0v) is 14.6. The summed E-state index contributed by atoms with van der Waals surface area (Å²) in [6.07, 6.45) is -4.38. The van der Waals surface area contributed by atoms with E-state index in [1.165, 1.54) is 12.1 Å². The number of fused-ring (bicyclic) bond motifs is 1. The lowest BCUT2D eigenvalue weighted by atomic mass is 10.1. The Morgan fingerprint density at radius 1 is 1.15 bits per heavy atom. The van der Waals surface area contributed by atoms with Crippen LogP contribution in [-0.4, -0.2) is 30.3 Å². The molecule has 1 aliphatic rings. The van der Waals surface area contributed by atoms with E-state index < -0.39 is 33.3 Å². The largest absolute Gasteiger partial charge is 0.444 e. The molecule has 1 atom stereocenters. The van der Waals surface area contributed by atoms with Crippen molar-refractivity contribution < 1.29 is 26.3 Å². The van der Waals surface area contributed by atoms with Crippen molar-refractivity contribution in [2.24, 2.45) is 0 Å². The van der Waals surface area contributed by atoms with Gasteiger partial charge in [0.15, 0.2) is 0 Å². The number of hydrogen-bond acceptors (Lipinski definition) is 4. The highest BCUT2D eigenvalue weighted by Crippen LogP contribution is 2.39. The molecule has 0 spiro atoms. The van der Waals surface area contributed by atoms with E-state index in [0.29, 0.717) is 5.56 Å². The molecule has 138 valence electrons. The van der Waals surface area contributed by atoms with Gasteiger partial charge in [0, 0.05) is 0 Å². The van der Waals surface area contributed by atoms with Crippen LogP contribution in [0.5, 0.6) is 5.75 Å². The molecule has 0 radical (unpaired) electrons. The minimum Gasteiger partial charge on any atom is -0.429 e. The molecule has 0 amide bonds. The summed E-state index contributed by atoms with van der Waals surface area (Å²) in [6, 6.07) is 11.8. The Labute approximate surface area is 152 Å². The van der Waals surface area contributed by atoms with Crippen molar-refractivity contribution in [2.75, 3.05) is 0 Å². The maximum atomic E-state index is 13.5. The van der Waals surface area contributed by atoms with Gasteiger partial charge in [0.25, 0.3) is 15.7 Å². The van der Waals surface area contributed by atoms with E-state index in [4.69, 9.17) is 17.0 Å². The van der Waals surface area contributed by atoms with Gasteiger partial charge in [-0.1, -0.05) is 48.0 Å². The molecule has 1 heterocycles. The van der Waals surface area contributed by atoms with E-state index in [1.807, 2.05) is 0 Å². The maximum Gasteiger partial charge on any atom is 0.444 e. The lowest BCUT2D eigenvalue weighted by Gasteiger charge is -2.19. The number of nitrogens with one attached hydrogen (secondary N) is 1. The van der Waals surface area contributed by atoms with Gasteiger partial charge in [-0.05, 0) is 17.7 Å². The van der Waals surface area contributed by atoms with Gasteiger partial charge >= 0.3 is 6.11 Å². The predicted octanol–water partition coefficient (Wildman–Crippen LogP) is 3.72. The average molecular weight is 405 g/mol. The number of hydrogen-bond donors (Lipinski definition) is 1. The second kappa shape index (κ2) is 6.48. The third-order valence-corrected chi connectivity index (χ3v) is 5.75. The first-order chi connectivity index (χ1) is 12.1. The fourth-order valence-corrected chi connectivity index (χ4v) is 4.15. The molecule has 1 unspecified atom stereocenters. The molecule has 0 fully saturated rings. The highest BCUT2D eigenvalue weighted by atomic mass is 35.5. The van der Waals surface area contributed by atoms with E-state index >= 15 is 0 Å². The van der Waals surface area contributed by atoms with E-state index in [0.717, 1.165) is 10.4 Å². The molecule has 10 heteroatoms. The Balaban J connectivity index is 2.03. The van der Waals surface area contributed by atoms with E-state index in [9.17, 15) is 21.6 Å². The highest BCUT2D eigenvalue weighted by Gasteiger charge is 2.46. The Bertz CT molecular complexity index is 952. The van der Waals surface area contributed by atoms with Crippen LogP contribution in [0.4, 0.5) is 13.2 Å². The number of alkyl halides is 4. The van der Waals surface area contributed by atoms with Crippen LogP contribution in [-0.2, 0) is 16.6 Å². The minimum absolute atomic E-state index is 0.159. The number of halogens is 4. The van der Waals surface area contributed by atoms with Crippen LogP contribution in [0.25, 0.3) is 0 Å². The number of nitrogens with zero attached hydrogens (tertiary/aromatic N) is 1. The average Bonchev–Trinajstić information content (AvgIpc) is 2.77. The van der Waals surface area contributed by atoms with Crippen LogP contribution in [0.2, 0.25) is 0 Å². The normalized spacial score (nSPS) is 17.1. The second-order valence-corrected chi connectivity index (χ2v) is 7.65. The lowest BCUT2D eigenvalue weighted by Crippen LogP contribution is -2.33. The molecule has 0 saturated heterocycles. The predicted molar refractivity (Wildman–Crippen MR) is 88.8 cm³/mol. The van der Waals surface area contributed by atoms with Crippen LogP contribution in [0.3, 0.4) is 0 Å². The smallest absolute Gasteiger partial charge is 0.429 e. The summed E-state index contributed by atoms with van der Waals surface area (Å²) in [4.78, 5) is -0.364. The van der Waals surface area contributed by atoms with Gasteiger partial charge in [-0.3, -0.25) is 5.41 Å². The number of sulfonamides is 1. The summed E-state index contributed by atoms with van der Waals surface area (Å²) in [5.41, 5.74) is -2.89. The first-order valence-corrected chi connectivity index (χ1v) is 9.16. The van der Waals surface area contributed by atoms with Gasteiger partial charge in [0.1, 0.15) is 16.5 Å². The van der Waals surface area contributed by atoms with Gasteiger partial charge in [-0.2, -0.15) is 8.78 Å². The molecule has 1 N–H and O–H groups in total. The molecule has 26 heavy (non-hydrogen) atoms. The molecule has 5 nitrogen and oxygen atoms in total. The standard InChI is InChI=1S/C16H12ClF3N2O3S/c17-15(18)16(19,20)25-11-7-4-8-12-13(11)14(21)22(26(12,23)24)9-10-5-2-1-3-6-10/h1-8,15,21H,9H2. The third kappa shape index (κ3) is 3.12. The summed E-state index contributed by atoms with van der Waals surface area (Å²) in [7, 11) is -4.13. The number of benzene rings is 2. The molecule has 2 aromatic rings. The van der Waals surface area contributed by atoms with E-state index in [2.05, 4.69) is 4.74 Å². The maximum absolute atomic E-state index is 13.5. The van der Waals surface area contributed by atoms with Crippen molar-refractivity contribution in [3.05, 3.63) is 59.7 Å². The fourth-order valence-electron chi connectivity index (χ4n) is 2.51. The molecule has 0 bridgehead atoms. The highest BCUT2D eigenvalue weighted by molar-refractivity contribution is 7.90. The zero-order chi connectivity index (χ0) is 19.1. The third-order valence-electron chi connectivity index (χ3n) is 3.71. The SMILES string of the molecule is N=C1c2c(OC(F)(F)C(F)Cl)cccc2S(=O)(=O)N1Cc1ccccc1. The van der Waals surface area contributed by atoms with Crippen LogP contribution in [0.15, 0.2) is 53.4 Å². The summed E-state index contributed by atoms with van der Waals surface area (Å²) in [5, 5.41) is 8.14. The van der Waals surface area contributed by atoms with Crippen molar-refractivity contribution in [3.8, 4) is 5.75 Å². The summed E-state index contributed by atoms with van der Waals surface area (Å²) in [6.45, 7) is -0.159.